The minimum atomic E-state index is -0.122. The summed E-state index contributed by atoms with van der Waals surface area (Å²) in [6, 6.07) is 1.65. The molecule has 0 aromatic carbocycles. The van der Waals surface area contributed by atoms with Crippen LogP contribution in [0, 0.1) is 0 Å². The summed E-state index contributed by atoms with van der Waals surface area (Å²) in [6.45, 7) is -0.122. The Morgan fingerprint density at radius 1 is 1.73 bits per heavy atom. The van der Waals surface area contributed by atoms with E-state index in [1.54, 1.807) is 6.07 Å². The molecule has 0 amide bonds. The lowest BCUT2D eigenvalue weighted by Gasteiger charge is -2.02. The highest BCUT2D eigenvalue weighted by molar-refractivity contribution is 6.30. The van der Waals surface area contributed by atoms with E-state index in [4.69, 9.17) is 21.4 Å². The van der Waals surface area contributed by atoms with E-state index in [9.17, 15) is 0 Å². The molecule has 1 aromatic rings. The summed E-state index contributed by atoms with van der Waals surface area (Å²) in [5, 5.41) is 9.07. The van der Waals surface area contributed by atoms with Gasteiger partial charge in [-0.05, 0) is 6.07 Å². The molecule has 1 aromatic heterocycles. The normalized spacial score (nSPS) is 9.73. The van der Waals surface area contributed by atoms with Crippen LogP contribution in [0.3, 0.4) is 0 Å². The van der Waals surface area contributed by atoms with E-state index in [2.05, 4.69) is 4.98 Å². The van der Waals surface area contributed by atoms with Crippen LogP contribution in [-0.2, 0) is 6.61 Å². The number of nitrogens with zero attached hydrogens (tertiary/aromatic N) is 1. The van der Waals surface area contributed by atoms with Gasteiger partial charge in [0.2, 0.25) is 0 Å². The molecule has 0 aliphatic carbocycles. The molecule has 0 bridgehead atoms. The lowest BCUT2D eigenvalue weighted by Crippen LogP contribution is -1.90. The van der Waals surface area contributed by atoms with Gasteiger partial charge in [-0.3, -0.25) is 0 Å². The Labute approximate surface area is 69.6 Å². The molecule has 11 heavy (non-hydrogen) atoms. The molecule has 0 saturated heterocycles. The minimum absolute atomic E-state index is 0.122. The van der Waals surface area contributed by atoms with E-state index in [0.717, 1.165) is 0 Å². The molecule has 0 unspecified atom stereocenters. The van der Waals surface area contributed by atoms with Crippen molar-refractivity contribution in [1.29, 1.82) is 0 Å². The molecule has 1 heterocycles. The maximum absolute atomic E-state index is 8.76. The standard InChI is InChI=1S/C7H8ClNO2/c1-11-6-2-5(4-10)7(8)9-3-6/h2-3,10H,4H2,1H3. The topological polar surface area (TPSA) is 42.4 Å². The first kappa shape index (κ1) is 8.30. The summed E-state index contributed by atoms with van der Waals surface area (Å²) in [7, 11) is 1.53. The van der Waals surface area contributed by atoms with Gasteiger partial charge in [0.1, 0.15) is 10.9 Å². The zero-order chi connectivity index (χ0) is 8.27. The first-order valence-corrected chi connectivity index (χ1v) is 3.45. The molecule has 1 rings (SSSR count). The van der Waals surface area contributed by atoms with Gasteiger partial charge in [-0.25, -0.2) is 4.98 Å². The van der Waals surface area contributed by atoms with Gasteiger partial charge in [0.15, 0.2) is 0 Å². The van der Waals surface area contributed by atoms with Gasteiger partial charge in [-0.15, -0.1) is 0 Å². The maximum atomic E-state index is 8.76. The number of hydrogen-bond donors (Lipinski definition) is 1. The van der Waals surface area contributed by atoms with Crippen LogP contribution in [0.25, 0.3) is 0 Å². The Morgan fingerprint density at radius 2 is 2.45 bits per heavy atom. The van der Waals surface area contributed by atoms with Crippen LogP contribution in [0.5, 0.6) is 5.75 Å². The van der Waals surface area contributed by atoms with Crippen LogP contribution < -0.4 is 4.74 Å². The third kappa shape index (κ3) is 1.82. The quantitative estimate of drug-likeness (QED) is 0.685. The number of halogens is 1. The summed E-state index contributed by atoms with van der Waals surface area (Å²) in [5.41, 5.74) is 0.575. The van der Waals surface area contributed by atoms with Crippen molar-refractivity contribution < 1.29 is 9.84 Å². The predicted molar refractivity (Wildman–Crippen MR) is 41.7 cm³/mol. The average molecular weight is 174 g/mol. The fourth-order valence-corrected chi connectivity index (χ4v) is 0.857. The van der Waals surface area contributed by atoms with Crippen LogP contribution in [0.15, 0.2) is 12.3 Å². The first-order valence-electron chi connectivity index (χ1n) is 3.07. The SMILES string of the molecule is COc1cnc(Cl)c(CO)c1. The van der Waals surface area contributed by atoms with Crippen molar-refractivity contribution in [2.75, 3.05) is 7.11 Å². The molecule has 4 heteroatoms. The van der Waals surface area contributed by atoms with Crippen molar-refractivity contribution >= 4 is 11.6 Å². The molecule has 0 saturated carbocycles. The van der Waals surface area contributed by atoms with Crippen molar-refractivity contribution in [3.63, 3.8) is 0 Å². The van der Waals surface area contributed by atoms with Crippen LogP contribution in [0.4, 0.5) is 0 Å². The predicted octanol–water partition coefficient (Wildman–Crippen LogP) is 1.24. The smallest absolute Gasteiger partial charge is 0.137 e. The van der Waals surface area contributed by atoms with E-state index in [1.807, 2.05) is 0 Å². The number of hydrogen-bond acceptors (Lipinski definition) is 3. The molecule has 0 radical (unpaired) electrons. The van der Waals surface area contributed by atoms with Crippen molar-refractivity contribution in [3.8, 4) is 5.75 Å². The van der Waals surface area contributed by atoms with Gasteiger partial charge in [-0.2, -0.15) is 0 Å². The summed E-state index contributed by atoms with van der Waals surface area (Å²) < 4.78 is 4.88. The molecule has 0 atom stereocenters. The molecular formula is C7H8ClNO2. The summed E-state index contributed by atoms with van der Waals surface area (Å²) in [4.78, 5) is 3.80. The van der Waals surface area contributed by atoms with Gasteiger partial charge in [0, 0.05) is 5.56 Å². The van der Waals surface area contributed by atoms with E-state index >= 15 is 0 Å². The highest BCUT2D eigenvalue weighted by Gasteiger charge is 2.01. The summed E-state index contributed by atoms with van der Waals surface area (Å²) >= 11 is 5.63. The van der Waals surface area contributed by atoms with Crippen LogP contribution in [0.2, 0.25) is 5.15 Å². The van der Waals surface area contributed by atoms with Gasteiger partial charge in [-0.1, -0.05) is 11.6 Å². The number of aromatic nitrogens is 1. The highest BCUT2D eigenvalue weighted by atomic mass is 35.5. The Balaban J connectivity index is 3.02. The lowest BCUT2D eigenvalue weighted by atomic mass is 10.3. The minimum Gasteiger partial charge on any atom is -0.495 e. The number of methoxy groups -OCH3 is 1. The second kappa shape index (κ2) is 3.55. The van der Waals surface area contributed by atoms with Gasteiger partial charge in [0.25, 0.3) is 0 Å². The highest BCUT2D eigenvalue weighted by Crippen LogP contribution is 2.18. The summed E-state index contributed by atoms with van der Waals surface area (Å²) in [6.07, 6.45) is 1.50. The Hall–Kier alpha value is -0.800. The third-order valence-electron chi connectivity index (χ3n) is 1.29. The van der Waals surface area contributed by atoms with Crippen molar-refractivity contribution in [1.82, 2.24) is 4.98 Å². The van der Waals surface area contributed by atoms with Crippen LogP contribution >= 0.6 is 11.6 Å². The molecule has 0 aliphatic rings. The molecular weight excluding hydrogens is 166 g/mol. The van der Waals surface area contributed by atoms with E-state index in [1.165, 1.54) is 13.3 Å². The fraction of sp³-hybridized carbons (Fsp3) is 0.286. The maximum Gasteiger partial charge on any atom is 0.137 e. The molecule has 0 aliphatic heterocycles. The van der Waals surface area contributed by atoms with Crippen molar-refractivity contribution in [3.05, 3.63) is 23.0 Å². The van der Waals surface area contributed by atoms with Gasteiger partial charge < -0.3 is 9.84 Å². The molecule has 0 fully saturated rings. The second-order valence-corrected chi connectivity index (χ2v) is 2.34. The van der Waals surface area contributed by atoms with Crippen molar-refractivity contribution in [2.24, 2.45) is 0 Å². The molecule has 3 nitrogen and oxygen atoms in total. The Kier molecular flexibility index (Phi) is 2.68. The monoisotopic (exact) mass is 173 g/mol. The van der Waals surface area contributed by atoms with E-state index in [0.29, 0.717) is 16.5 Å². The molecule has 60 valence electrons. The second-order valence-electron chi connectivity index (χ2n) is 1.98. The largest absolute Gasteiger partial charge is 0.495 e. The van der Waals surface area contributed by atoms with E-state index in [-0.39, 0.29) is 6.61 Å². The number of aliphatic hydroxyl groups excluding tert-OH is 1. The zero-order valence-electron chi connectivity index (χ0n) is 6.04. The first-order chi connectivity index (χ1) is 5.27. The number of pyridine rings is 1. The van der Waals surface area contributed by atoms with Gasteiger partial charge in [0.05, 0.1) is 19.9 Å². The Bertz CT molecular complexity index is 252. The number of rotatable bonds is 2. The molecule has 0 spiro atoms. The van der Waals surface area contributed by atoms with Crippen LogP contribution in [-0.4, -0.2) is 17.2 Å². The van der Waals surface area contributed by atoms with Crippen LogP contribution in [0.1, 0.15) is 5.56 Å². The van der Waals surface area contributed by atoms with Crippen molar-refractivity contribution in [2.45, 2.75) is 6.61 Å². The van der Waals surface area contributed by atoms with Gasteiger partial charge >= 0.3 is 0 Å². The lowest BCUT2D eigenvalue weighted by molar-refractivity contribution is 0.280. The molecule has 1 N–H and O–H groups in total. The fourth-order valence-electron chi connectivity index (χ4n) is 0.694. The Morgan fingerprint density at radius 3 is 3.00 bits per heavy atom. The number of aliphatic hydroxyl groups is 1. The number of ether oxygens (including phenoxy) is 1. The summed E-state index contributed by atoms with van der Waals surface area (Å²) in [5.74, 6) is 0.596. The average Bonchev–Trinajstić information content (AvgIpc) is 2.05. The third-order valence-corrected chi connectivity index (χ3v) is 1.63. The zero-order valence-corrected chi connectivity index (χ0v) is 6.80. The van der Waals surface area contributed by atoms with E-state index < -0.39 is 0 Å².